The molecule has 14 atom stereocenters. The number of amides is 1. The third-order valence-corrected chi connectivity index (χ3v) is 12.5. The largest absolute Gasteiger partial charge is 0.459 e. The van der Waals surface area contributed by atoms with E-state index < -0.39 is 77.6 Å². The van der Waals surface area contributed by atoms with Gasteiger partial charge in [0.2, 0.25) is 0 Å². The summed E-state index contributed by atoms with van der Waals surface area (Å²) < 4.78 is 33.8. The Morgan fingerprint density at radius 1 is 1.06 bits per heavy atom. The van der Waals surface area contributed by atoms with Crippen LogP contribution in [0.15, 0.2) is 30.3 Å². The number of cyclic esters (lactones) is 1. The number of aliphatic hydroxyl groups is 3. The van der Waals surface area contributed by atoms with E-state index in [1.54, 1.807) is 13.8 Å². The normalized spacial score (nSPS) is 42.6. The van der Waals surface area contributed by atoms with E-state index in [1.165, 1.54) is 6.92 Å². The summed E-state index contributed by atoms with van der Waals surface area (Å²) in [6.07, 6.45) is -3.80. The maximum atomic E-state index is 14.2. The van der Waals surface area contributed by atoms with Crippen molar-refractivity contribution in [1.82, 2.24) is 15.1 Å². The van der Waals surface area contributed by atoms with Gasteiger partial charge < -0.3 is 54.1 Å². The van der Waals surface area contributed by atoms with Crippen molar-refractivity contribution >= 4 is 11.9 Å². The van der Waals surface area contributed by atoms with E-state index >= 15 is 0 Å². The summed E-state index contributed by atoms with van der Waals surface area (Å²) in [5.74, 6) is -3.22. The van der Waals surface area contributed by atoms with Gasteiger partial charge in [-0.25, -0.2) is 0 Å². The highest BCUT2D eigenvalue weighted by Gasteiger charge is 2.58. The fraction of sp³-hybridized carbons (Fsp3) is 0.805. The average molecular weight is 762 g/mol. The Morgan fingerprint density at radius 3 is 2.31 bits per heavy atom. The molecule has 0 saturated carbocycles. The van der Waals surface area contributed by atoms with Gasteiger partial charge in [0.15, 0.2) is 12.1 Å². The molecule has 4 aliphatic heterocycles. The summed E-state index contributed by atoms with van der Waals surface area (Å²) in [6.45, 7) is 16.1. The van der Waals surface area contributed by atoms with Crippen molar-refractivity contribution in [2.45, 2.75) is 159 Å². The van der Waals surface area contributed by atoms with Gasteiger partial charge in [-0.15, -0.1) is 0 Å². The molecule has 4 N–H and O–H groups in total. The summed E-state index contributed by atoms with van der Waals surface area (Å²) in [7, 11) is 3.86. The highest BCUT2D eigenvalue weighted by molar-refractivity contribution is 5.94. The number of carbonyl (C=O) groups excluding carboxylic acids is 2. The van der Waals surface area contributed by atoms with E-state index in [2.05, 4.69) is 12.2 Å². The smallest absolute Gasteiger partial charge is 0.311 e. The third kappa shape index (κ3) is 9.00. The number of piperidine rings is 1. The van der Waals surface area contributed by atoms with Crippen LogP contribution in [-0.2, 0) is 28.5 Å². The first-order chi connectivity index (χ1) is 25.3. The Morgan fingerprint density at radius 2 is 1.70 bits per heavy atom. The molecule has 1 aromatic rings. The van der Waals surface area contributed by atoms with E-state index in [9.17, 15) is 24.9 Å². The monoisotopic (exact) mass is 761 g/mol. The van der Waals surface area contributed by atoms with Gasteiger partial charge in [0.25, 0.3) is 5.91 Å². The summed E-state index contributed by atoms with van der Waals surface area (Å²) in [5, 5.41) is 38.1. The predicted molar refractivity (Wildman–Crippen MR) is 202 cm³/mol. The van der Waals surface area contributed by atoms with Crippen LogP contribution in [0, 0.1) is 17.8 Å². The predicted octanol–water partition coefficient (Wildman–Crippen LogP) is 3.33. The maximum absolute atomic E-state index is 14.2. The van der Waals surface area contributed by atoms with Gasteiger partial charge in [-0.2, -0.15) is 0 Å². The van der Waals surface area contributed by atoms with E-state index in [-0.39, 0.29) is 30.4 Å². The summed E-state index contributed by atoms with van der Waals surface area (Å²) in [4.78, 5) is 31.6. The van der Waals surface area contributed by atoms with Crippen LogP contribution in [0.25, 0.3) is 0 Å². The second kappa shape index (κ2) is 17.1. The quantitative estimate of drug-likeness (QED) is 0.325. The van der Waals surface area contributed by atoms with Crippen LogP contribution >= 0.6 is 0 Å². The molecule has 1 amide bonds. The summed E-state index contributed by atoms with van der Waals surface area (Å²) in [5.41, 5.74) is -2.17. The number of aliphatic hydroxyl groups excluding tert-OH is 2. The zero-order valence-electron chi connectivity index (χ0n) is 34.1. The molecule has 0 aliphatic carbocycles. The number of rotatable bonds is 5. The lowest BCUT2D eigenvalue weighted by Gasteiger charge is -2.49. The number of carbonyl (C=O) groups is 2. The molecule has 0 radical (unpaired) electrons. The van der Waals surface area contributed by atoms with E-state index in [0.29, 0.717) is 50.9 Å². The second-order valence-corrected chi connectivity index (χ2v) is 17.4. The molecule has 1 aromatic carbocycles. The zero-order valence-corrected chi connectivity index (χ0v) is 34.1. The van der Waals surface area contributed by atoms with Crippen LogP contribution in [0.4, 0.5) is 0 Å². The summed E-state index contributed by atoms with van der Waals surface area (Å²) in [6, 6.07) is 8.46. The molecular weight excluding hydrogens is 694 g/mol. The molecule has 4 fully saturated rings. The Labute approximate surface area is 322 Å². The zero-order chi connectivity index (χ0) is 39.7. The standard InChI is InChI=1S/C41H67N3O10/c1-11-31-40(8,49)34(46)28(6)42-23-24(2)22-39(7)35(52-38-32(45)30(43(9)10)21-25(3)50-38)26(4)33(27(5)37(48)51-31)53-41(54-39)17-19-44(20-18-41)36(47)29-15-13-12-14-16-29/h12-16,24-28,30-35,38,42,45-46,49H,11,17-23H2,1-10H3/t24-,25-,26+,27-,28-,30+,31-,32-,33+,34-,35-,38+,39-,40-/m1/s1. The van der Waals surface area contributed by atoms with Gasteiger partial charge in [-0.1, -0.05) is 39.0 Å². The minimum absolute atomic E-state index is 0.0331. The molecule has 4 heterocycles. The van der Waals surface area contributed by atoms with E-state index in [4.69, 9.17) is 23.7 Å². The van der Waals surface area contributed by atoms with Crippen LogP contribution in [0.5, 0.6) is 0 Å². The van der Waals surface area contributed by atoms with Crippen molar-refractivity contribution in [1.29, 1.82) is 0 Å². The van der Waals surface area contributed by atoms with Gasteiger partial charge in [0.1, 0.15) is 23.9 Å². The first-order valence-electron chi connectivity index (χ1n) is 20.0. The first kappa shape index (κ1) is 42.9. The summed E-state index contributed by atoms with van der Waals surface area (Å²) >= 11 is 0. The third-order valence-electron chi connectivity index (χ3n) is 12.5. The first-order valence-corrected chi connectivity index (χ1v) is 20.0. The number of likely N-dealkylation sites (N-methyl/N-ethyl adjacent to an activating group) is 1. The topological polar surface area (TPSA) is 159 Å². The number of fused-ring (bicyclic) bond motifs is 3. The molecule has 13 heteroatoms. The average Bonchev–Trinajstić information content (AvgIpc) is 3.21. The Bertz CT molecular complexity index is 1410. The molecule has 54 heavy (non-hydrogen) atoms. The minimum atomic E-state index is -1.74. The van der Waals surface area contributed by atoms with Crippen LogP contribution < -0.4 is 5.32 Å². The van der Waals surface area contributed by atoms with E-state index in [1.807, 2.05) is 81.9 Å². The van der Waals surface area contributed by atoms with Crippen molar-refractivity contribution in [2.24, 2.45) is 17.8 Å². The molecule has 306 valence electrons. The van der Waals surface area contributed by atoms with Crippen LogP contribution in [0.1, 0.15) is 97.9 Å². The number of nitrogens with zero attached hydrogens (tertiary/aromatic N) is 2. The van der Waals surface area contributed by atoms with Crippen molar-refractivity contribution in [2.75, 3.05) is 33.7 Å². The maximum Gasteiger partial charge on any atom is 0.311 e. The molecule has 0 aromatic heterocycles. The molecule has 0 unspecified atom stereocenters. The van der Waals surface area contributed by atoms with Gasteiger partial charge >= 0.3 is 5.97 Å². The Balaban J connectivity index is 1.58. The Hall–Kier alpha value is -2.20. The van der Waals surface area contributed by atoms with E-state index in [0.717, 1.165) is 0 Å². The van der Waals surface area contributed by atoms with Gasteiger partial charge in [-0.3, -0.25) is 9.59 Å². The number of ether oxygens (including phenoxy) is 5. The van der Waals surface area contributed by atoms with Crippen molar-refractivity contribution in [3.8, 4) is 0 Å². The van der Waals surface area contributed by atoms with Gasteiger partial charge in [0, 0.05) is 49.5 Å². The molecule has 13 nitrogen and oxygen atoms in total. The van der Waals surface area contributed by atoms with Crippen molar-refractivity contribution in [3.63, 3.8) is 0 Å². The molecule has 1 spiro atoms. The van der Waals surface area contributed by atoms with Crippen molar-refractivity contribution in [3.05, 3.63) is 35.9 Å². The lowest BCUT2D eigenvalue weighted by molar-refractivity contribution is -0.331. The molecule has 5 rings (SSSR count). The SMILES string of the molecule is CC[C@H]1OC(=O)[C@H](C)[C@H]2OC3(CCN(C(=O)c4ccccc4)CC3)O[C@](C)(C[C@@H](C)CN[C@H](C)[C@@H](O)[C@]1(C)O)[C@H](O[C@@H]1O[C@H](C)C[C@H](N(C)C)[C@H]1O)[C@H]2C. The van der Waals surface area contributed by atoms with Crippen molar-refractivity contribution < 1.29 is 48.6 Å². The highest BCUT2D eigenvalue weighted by atomic mass is 16.7. The molecule has 4 aliphatic rings. The molecule has 2 bridgehead atoms. The van der Waals surface area contributed by atoms with Crippen LogP contribution in [-0.4, -0.2) is 143 Å². The lowest BCUT2D eigenvalue weighted by Crippen LogP contribution is -2.60. The fourth-order valence-electron chi connectivity index (χ4n) is 9.36. The molecule has 4 saturated heterocycles. The number of hydrogen-bond acceptors (Lipinski definition) is 12. The number of nitrogens with one attached hydrogen (secondary N) is 1. The number of hydrogen-bond donors (Lipinski definition) is 4. The molecular formula is C41H67N3O10. The van der Waals surface area contributed by atoms with Crippen LogP contribution in [0.2, 0.25) is 0 Å². The van der Waals surface area contributed by atoms with Crippen LogP contribution in [0.3, 0.4) is 0 Å². The second-order valence-electron chi connectivity index (χ2n) is 17.4. The minimum Gasteiger partial charge on any atom is -0.459 e. The number of likely N-dealkylation sites (tertiary alicyclic amines) is 1. The van der Waals surface area contributed by atoms with Gasteiger partial charge in [0.05, 0.1) is 29.8 Å². The number of esters is 1. The lowest BCUT2D eigenvalue weighted by atomic mass is 9.78. The van der Waals surface area contributed by atoms with Gasteiger partial charge in [-0.05, 0) is 92.6 Å². The number of benzene rings is 1. The highest BCUT2D eigenvalue weighted by Crippen LogP contribution is 2.48. The fourth-order valence-corrected chi connectivity index (χ4v) is 9.36. The Kier molecular flexibility index (Phi) is 13.6.